The molecule has 2 aromatic rings. The van der Waals surface area contributed by atoms with Gasteiger partial charge in [-0.3, -0.25) is 4.79 Å². The van der Waals surface area contributed by atoms with Crippen molar-refractivity contribution in [2.45, 2.75) is 20.3 Å². The first-order valence-corrected chi connectivity index (χ1v) is 7.36. The van der Waals surface area contributed by atoms with Crippen molar-refractivity contribution in [3.63, 3.8) is 0 Å². The van der Waals surface area contributed by atoms with Gasteiger partial charge in [0, 0.05) is 30.8 Å². The maximum atomic E-state index is 11.2. The molecular weight excluding hydrogens is 306 g/mol. The van der Waals surface area contributed by atoms with Crippen molar-refractivity contribution >= 4 is 29.3 Å². The summed E-state index contributed by atoms with van der Waals surface area (Å²) >= 11 is 0. The highest BCUT2D eigenvalue weighted by atomic mass is 16.1. The smallest absolute Gasteiger partial charge is 0.253 e. The van der Waals surface area contributed by atoms with Crippen LogP contribution in [-0.2, 0) is 4.79 Å². The maximum Gasteiger partial charge on any atom is 0.253 e. The van der Waals surface area contributed by atoms with E-state index in [1.807, 2.05) is 25.1 Å². The van der Waals surface area contributed by atoms with Gasteiger partial charge < -0.3 is 16.8 Å². The third-order valence-electron chi connectivity index (χ3n) is 2.96. The van der Waals surface area contributed by atoms with Gasteiger partial charge in [-0.25, -0.2) is 15.0 Å². The highest BCUT2D eigenvalue weighted by Gasteiger charge is 2.04. The summed E-state index contributed by atoms with van der Waals surface area (Å²) in [5.74, 6) is 0.427. The Morgan fingerprint density at radius 2 is 2.08 bits per heavy atom. The zero-order valence-electron chi connectivity index (χ0n) is 13.5. The number of carbonyl (C=O) groups excluding carboxylic acids is 1. The van der Waals surface area contributed by atoms with Crippen LogP contribution >= 0.6 is 0 Å². The number of benzene rings is 1. The number of nitrogens with two attached hydrogens (primary N) is 2. The zero-order valence-corrected chi connectivity index (χ0v) is 13.5. The number of carbonyl (C=O) groups is 1. The van der Waals surface area contributed by atoms with E-state index in [2.05, 4.69) is 25.3 Å². The molecule has 0 spiro atoms. The summed E-state index contributed by atoms with van der Waals surface area (Å²) in [5, 5.41) is 2.73. The lowest BCUT2D eigenvalue weighted by atomic mass is 10.1. The van der Waals surface area contributed by atoms with Gasteiger partial charge in [0.05, 0.1) is 5.69 Å². The monoisotopic (exact) mass is 325 g/mol. The van der Waals surface area contributed by atoms with Gasteiger partial charge in [-0.1, -0.05) is 19.1 Å². The molecule has 0 atom stereocenters. The number of amidine groups is 1. The van der Waals surface area contributed by atoms with Crippen LogP contribution in [0.1, 0.15) is 20.3 Å². The quantitative estimate of drug-likeness (QED) is 0.582. The van der Waals surface area contributed by atoms with Crippen molar-refractivity contribution < 1.29 is 4.79 Å². The van der Waals surface area contributed by atoms with Gasteiger partial charge in [-0.05, 0) is 18.2 Å². The fraction of sp³-hybridized carbons (Fsp3) is 0.188. The number of nitrogens with zero attached hydrogens (tertiary/aromatic N) is 4. The number of aromatic nitrogens is 2. The lowest BCUT2D eigenvalue weighted by Crippen LogP contribution is -2.17. The fourth-order valence-corrected chi connectivity index (χ4v) is 1.88. The maximum absolute atomic E-state index is 11.2. The summed E-state index contributed by atoms with van der Waals surface area (Å²) in [6.45, 7) is 3.32. The Morgan fingerprint density at radius 1 is 1.29 bits per heavy atom. The molecule has 1 amide bonds. The van der Waals surface area contributed by atoms with Crippen molar-refractivity contribution in [2.75, 3.05) is 5.32 Å². The van der Waals surface area contributed by atoms with Gasteiger partial charge in [-0.2, -0.15) is 4.99 Å². The van der Waals surface area contributed by atoms with Gasteiger partial charge in [-0.15, -0.1) is 0 Å². The molecule has 0 aliphatic heterocycles. The van der Waals surface area contributed by atoms with Crippen molar-refractivity contribution in [2.24, 2.45) is 21.5 Å². The standard InChI is InChI=1S/C16H19N7O/c1-3-14(17)22-15(18)23-16-19-8-7-13(21-16)11-5-4-6-12(9-11)20-10(2)24/h4-9H,3H2,1-2H3,(H,20,24)(H4,17,18,19,21,22,23). The van der Waals surface area contributed by atoms with Crippen molar-refractivity contribution in [3.8, 4) is 11.3 Å². The highest BCUT2D eigenvalue weighted by molar-refractivity contribution is 5.95. The zero-order chi connectivity index (χ0) is 17.5. The van der Waals surface area contributed by atoms with Crippen LogP contribution in [0.15, 0.2) is 46.5 Å². The Morgan fingerprint density at radius 3 is 2.79 bits per heavy atom. The van der Waals surface area contributed by atoms with Crippen molar-refractivity contribution in [3.05, 3.63) is 36.5 Å². The second kappa shape index (κ2) is 7.82. The van der Waals surface area contributed by atoms with E-state index in [0.29, 0.717) is 23.6 Å². The van der Waals surface area contributed by atoms with Gasteiger partial charge >= 0.3 is 0 Å². The number of rotatable bonds is 4. The van der Waals surface area contributed by atoms with Crippen molar-refractivity contribution in [1.82, 2.24) is 9.97 Å². The molecule has 0 bridgehead atoms. The number of nitrogens with one attached hydrogen (secondary N) is 1. The van der Waals surface area contributed by atoms with Crippen LogP contribution < -0.4 is 16.8 Å². The summed E-state index contributed by atoms with van der Waals surface area (Å²) < 4.78 is 0. The molecule has 8 nitrogen and oxygen atoms in total. The Balaban J connectivity index is 2.31. The lowest BCUT2D eigenvalue weighted by Gasteiger charge is -2.05. The summed E-state index contributed by atoms with van der Waals surface area (Å²) in [4.78, 5) is 27.5. The average molecular weight is 325 g/mol. The molecule has 0 fully saturated rings. The topological polar surface area (TPSA) is 132 Å². The Hall–Kier alpha value is -3.29. The molecule has 8 heteroatoms. The van der Waals surface area contributed by atoms with Crippen LogP contribution in [0, 0.1) is 0 Å². The third kappa shape index (κ3) is 4.87. The van der Waals surface area contributed by atoms with E-state index in [1.165, 1.54) is 6.92 Å². The molecule has 1 heterocycles. The predicted octanol–water partition coefficient (Wildman–Crippen LogP) is 1.82. The molecule has 0 aliphatic carbocycles. The van der Waals surface area contributed by atoms with E-state index in [4.69, 9.17) is 11.5 Å². The molecule has 0 saturated carbocycles. The van der Waals surface area contributed by atoms with Crippen LogP contribution in [0.4, 0.5) is 11.6 Å². The van der Waals surface area contributed by atoms with Gasteiger partial charge in [0.25, 0.3) is 5.95 Å². The first-order valence-electron chi connectivity index (χ1n) is 7.36. The average Bonchev–Trinajstić information content (AvgIpc) is 2.54. The molecule has 0 saturated heterocycles. The highest BCUT2D eigenvalue weighted by Crippen LogP contribution is 2.22. The van der Waals surface area contributed by atoms with Crippen LogP contribution in [0.2, 0.25) is 0 Å². The lowest BCUT2D eigenvalue weighted by molar-refractivity contribution is -0.114. The number of hydrogen-bond donors (Lipinski definition) is 3. The van der Waals surface area contributed by atoms with Gasteiger partial charge in [0.15, 0.2) is 0 Å². The molecule has 0 aliphatic rings. The van der Waals surface area contributed by atoms with E-state index in [9.17, 15) is 4.79 Å². The fourth-order valence-electron chi connectivity index (χ4n) is 1.88. The van der Waals surface area contributed by atoms with Crippen LogP contribution in [-0.4, -0.2) is 27.7 Å². The van der Waals surface area contributed by atoms with E-state index in [1.54, 1.807) is 18.3 Å². The first-order chi connectivity index (χ1) is 11.5. The van der Waals surface area contributed by atoms with Gasteiger partial charge in [0.2, 0.25) is 11.9 Å². The summed E-state index contributed by atoms with van der Waals surface area (Å²) in [6, 6.07) is 9.05. The molecule has 24 heavy (non-hydrogen) atoms. The first kappa shape index (κ1) is 17.1. The molecule has 2 rings (SSSR count). The van der Waals surface area contributed by atoms with E-state index in [0.717, 1.165) is 5.56 Å². The molecule has 0 radical (unpaired) electrons. The summed E-state index contributed by atoms with van der Waals surface area (Å²) in [5.41, 5.74) is 13.5. The van der Waals surface area contributed by atoms with E-state index >= 15 is 0 Å². The largest absolute Gasteiger partial charge is 0.387 e. The molecule has 124 valence electrons. The minimum atomic E-state index is -0.140. The molecule has 1 aromatic carbocycles. The Bertz CT molecular complexity index is 799. The number of anilines is 1. The normalized spacial score (nSPS) is 12.1. The van der Waals surface area contributed by atoms with Gasteiger partial charge in [0.1, 0.15) is 5.84 Å². The minimum absolute atomic E-state index is 0.00139. The predicted molar refractivity (Wildman–Crippen MR) is 95.0 cm³/mol. The number of guanidine groups is 1. The SMILES string of the molecule is CC/C(N)=N/C(N)=N\c1nccc(-c2cccc(NC(C)=O)c2)n1. The number of aliphatic imine (C=N–C) groups is 2. The van der Waals surface area contributed by atoms with Crippen LogP contribution in [0.25, 0.3) is 11.3 Å². The molecule has 0 unspecified atom stereocenters. The van der Waals surface area contributed by atoms with Crippen molar-refractivity contribution in [1.29, 1.82) is 0 Å². The number of hydrogen-bond acceptors (Lipinski definition) is 4. The second-order valence-electron chi connectivity index (χ2n) is 4.93. The van der Waals surface area contributed by atoms with Crippen LogP contribution in [0.5, 0.6) is 0 Å². The molecular formula is C16H19N7O. The minimum Gasteiger partial charge on any atom is -0.387 e. The summed E-state index contributed by atoms with van der Waals surface area (Å²) in [7, 11) is 0. The van der Waals surface area contributed by atoms with E-state index in [-0.39, 0.29) is 17.8 Å². The summed E-state index contributed by atoms with van der Waals surface area (Å²) in [6.07, 6.45) is 2.15. The molecule has 5 N–H and O–H groups in total. The Kier molecular flexibility index (Phi) is 5.56. The molecule has 1 aromatic heterocycles. The Labute approximate surface area is 139 Å². The van der Waals surface area contributed by atoms with E-state index < -0.39 is 0 Å². The third-order valence-corrected chi connectivity index (χ3v) is 2.96. The number of amides is 1. The second-order valence-corrected chi connectivity index (χ2v) is 4.93. The van der Waals surface area contributed by atoms with Crippen LogP contribution in [0.3, 0.4) is 0 Å².